The van der Waals surface area contributed by atoms with E-state index >= 15 is 0 Å². The summed E-state index contributed by atoms with van der Waals surface area (Å²) in [6, 6.07) is 1.10. The van der Waals surface area contributed by atoms with Crippen LogP contribution in [0.5, 0.6) is 0 Å². The Bertz CT molecular complexity index is 152. The van der Waals surface area contributed by atoms with Crippen molar-refractivity contribution in [3.8, 4) is 0 Å². The van der Waals surface area contributed by atoms with E-state index in [2.05, 4.69) is 24.1 Å². The van der Waals surface area contributed by atoms with Gasteiger partial charge in [0, 0.05) is 39.4 Å². The lowest BCUT2D eigenvalue weighted by Crippen LogP contribution is -2.57. The van der Waals surface area contributed by atoms with Crippen LogP contribution in [0.4, 0.5) is 0 Å². The van der Waals surface area contributed by atoms with Gasteiger partial charge in [0.1, 0.15) is 0 Å². The number of ether oxygens (including phenoxy) is 2. The molecule has 1 N–H and O–H groups in total. The lowest BCUT2D eigenvalue weighted by Gasteiger charge is -2.40. The predicted molar refractivity (Wildman–Crippen MR) is 56.3 cm³/mol. The molecule has 1 heterocycles. The summed E-state index contributed by atoms with van der Waals surface area (Å²) in [5, 5.41) is 3.40. The van der Waals surface area contributed by atoms with Crippen molar-refractivity contribution >= 4 is 0 Å². The Morgan fingerprint density at radius 2 is 1.71 bits per heavy atom. The van der Waals surface area contributed by atoms with Crippen LogP contribution in [0.3, 0.4) is 0 Å². The first-order valence-electron chi connectivity index (χ1n) is 5.21. The lowest BCUT2D eigenvalue weighted by atomic mass is 10.1. The first-order chi connectivity index (χ1) is 6.69. The predicted octanol–water partition coefficient (Wildman–Crippen LogP) is 0.288. The number of piperazine rings is 1. The number of methoxy groups -OCH3 is 2. The molecule has 1 aliphatic heterocycles. The van der Waals surface area contributed by atoms with Gasteiger partial charge in [0.25, 0.3) is 0 Å². The van der Waals surface area contributed by atoms with Crippen molar-refractivity contribution in [2.24, 2.45) is 0 Å². The van der Waals surface area contributed by atoms with Crippen molar-refractivity contribution in [2.45, 2.75) is 32.2 Å². The molecular weight excluding hydrogens is 180 g/mol. The molecule has 0 aromatic heterocycles. The molecule has 2 atom stereocenters. The van der Waals surface area contributed by atoms with Crippen LogP contribution in [-0.4, -0.2) is 57.1 Å². The molecule has 4 nitrogen and oxygen atoms in total. The Labute approximate surface area is 86.6 Å². The molecule has 4 heteroatoms. The Hall–Kier alpha value is -0.160. The van der Waals surface area contributed by atoms with Gasteiger partial charge >= 0.3 is 0 Å². The van der Waals surface area contributed by atoms with Crippen LogP contribution < -0.4 is 5.32 Å². The second-order valence-electron chi connectivity index (χ2n) is 3.95. The van der Waals surface area contributed by atoms with E-state index < -0.39 is 0 Å². The SMILES string of the molecule is COC(CN1C(C)CNCC1C)OC. The van der Waals surface area contributed by atoms with Crippen molar-refractivity contribution in [3.63, 3.8) is 0 Å². The van der Waals surface area contributed by atoms with Gasteiger partial charge in [0.2, 0.25) is 0 Å². The molecule has 84 valence electrons. The van der Waals surface area contributed by atoms with Gasteiger partial charge < -0.3 is 14.8 Å². The van der Waals surface area contributed by atoms with E-state index in [9.17, 15) is 0 Å². The summed E-state index contributed by atoms with van der Waals surface area (Å²) in [6.45, 7) is 7.39. The molecule has 1 fully saturated rings. The van der Waals surface area contributed by atoms with Crippen LogP contribution in [0, 0.1) is 0 Å². The normalized spacial score (nSPS) is 29.8. The fourth-order valence-electron chi connectivity index (χ4n) is 1.95. The second kappa shape index (κ2) is 5.66. The Kier molecular flexibility index (Phi) is 4.81. The number of rotatable bonds is 4. The van der Waals surface area contributed by atoms with Gasteiger partial charge in [0.15, 0.2) is 6.29 Å². The molecule has 1 saturated heterocycles. The fraction of sp³-hybridized carbons (Fsp3) is 1.00. The maximum Gasteiger partial charge on any atom is 0.169 e. The van der Waals surface area contributed by atoms with Gasteiger partial charge in [-0.05, 0) is 13.8 Å². The highest BCUT2D eigenvalue weighted by molar-refractivity contribution is 4.82. The fourth-order valence-corrected chi connectivity index (χ4v) is 1.95. The van der Waals surface area contributed by atoms with E-state index in [1.54, 1.807) is 14.2 Å². The molecule has 0 saturated carbocycles. The maximum absolute atomic E-state index is 5.21. The highest BCUT2D eigenvalue weighted by Crippen LogP contribution is 2.11. The Balaban J connectivity index is 2.46. The van der Waals surface area contributed by atoms with E-state index in [0.29, 0.717) is 12.1 Å². The van der Waals surface area contributed by atoms with Crippen LogP contribution in [0.15, 0.2) is 0 Å². The minimum Gasteiger partial charge on any atom is -0.355 e. The zero-order chi connectivity index (χ0) is 10.6. The van der Waals surface area contributed by atoms with Crippen molar-refractivity contribution in [1.29, 1.82) is 0 Å². The van der Waals surface area contributed by atoms with E-state index in [0.717, 1.165) is 19.6 Å². The number of hydrogen-bond donors (Lipinski definition) is 1. The van der Waals surface area contributed by atoms with Gasteiger partial charge in [-0.1, -0.05) is 0 Å². The first kappa shape index (κ1) is 11.9. The molecule has 14 heavy (non-hydrogen) atoms. The average molecular weight is 202 g/mol. The lowest BCUT2D eigenvalue weighted by molar-refractivity contribution is -0.126. The molecule has 0 aromatic carbocycles. The minimum atomic E-state index is -0.113. The van der Waals surface area contributed by atoms with Gasteiger partial charge in [0.05, 0.1) is 6.54 Å². The van der Waals surface area contributed by atoms with Crippen molar-refractivity contribution in [1.82, 2.24) is 10.2 Å². The molecule has 0 aromatic rings. The summed E-state index contributed by atoms with van der Waals surface area (Å²) >= 11 is 0. The maximum atomic E-state index is 5.21. The molecule has 0 bridgehead atoms. The summed E-state index contributed by atoms with van der Waals surface area (Å²) < 4.78 is 10.4. The van der Waals surface area contributed by atoms with E-state index in [1.165, 1.54) is 0 Å². The molecule has 0 amide bonds. The van der Waals surface area contributed by atoms with Crippen LogP contribution in [0.1, 0.15) is 13.8 Å². The number of nitrogens with zero attached hydrogens (tertiary/aromatic N) is 1. The molecular formula is C10H22N2O2. The summed E-state index contributed by atoms with van der Waals surface area (Å²) in [4.78, 5) is 2.42. The summed E-state index contributed by atoms with van der Waals surface area (Å²) in [6.07, 6.45) is -0.113. The molecule has 1 rings (SSSR count). The highest BCUT2D eigenvalue weighted by atomic mass is 16.7. The van der Waals surface area contributed by atoms with E-state index in [1.807, 2.05) is 0 Å². The minimum absolute atomic E-state index is 0.113. The molecule has 0 radical (unpaired) electrons. The van der Waals surface area contributed by atoms with E-state index in [-0.39, 0.29) is 6.29 Å². The van der Waals surface area contributed by atoms with Crippen LogP contribution >= 0.6 is 0 Å². The van der Waals surface area contributed by atoms with Gasteiger partial charge in [-0.2, -0.15) is 0 Å². The smallest absolute Gasteiger partial charge is 0.169 e. The van der Waals surface area contributed by atoms with Gasteiger partial charge in [-0.3, -0.25) is 4.90 Å². The topological polar surface area (TPSA) is 33.7 Å². The first-order valence-corrected chi connectivity index (χ1v) is 5.21. The summed E-state index contributed by atoms with van der Waals surface area (Å²) in [5.41, 5.74) is 0. The zero-order valence-electron chi connectivity index (χ0n) is 9.62. The molecule has 2 unspecified atom stereocenters. The molecule has 0 spiro atoms. The van der Waals surface area contributed by atoms with Gasteiger partial charge in [-0.15, -0.1) is 0 Å². The van der Waals surface area contributed by atoms with Crippen molar-refractivity contribution in [3.05, 3.63) is 0 Å². The monoisotopic (exact) mass is 202 g/mol. The third-order valence-electron chi connectivity index (χ3n) is 2.90. The van der Waals surface area contributed by atoms with Crippen LogP contribution in [-0.2, 0) is 9.47 Å². The highest BCUT2D eigenvalue weighted by Gasteiger charge is 2.26. The van der Waals surface area contributed by atoms with Gasteiger partial charge in [-0.25, -0.2) is 0 Å². The third-order valence-corrected chi connectivity index (χ3v) is 2.90. The molecule has 1 aliphatic rings. The Morgan fingerprint density at radius 3 is 2.14 bits per heavy atom. The number of hydrogen-bond acceptors (Lipinski definition) is 4. The largest absolute Gasteiger partial charge is 0.355 e. The van der Waals surface area contributed by atoms with Crippen LogP contribution in [0.2, 0.25) is 0 Å². The second-order valence-corrected chi connectivity index (χ2v) is 3.95. The number of nitrogens with one attached hydrogen (secondary N) is 1. The van der Waals surface area contributed by atoms with Crippen molar-refractivity contribution in [2.75, 3.05) is 33.9 Å². The van der Waals surface area contributed by atoms with Crippen LogP contribution in [0.25, 0.3) is 0 Å². The summed E-state index contributed by atoms with van der Waals surface area (Å²) in [7, 11) is 3.37. The zero-order valence-corrected chi connectivity index (χ0v) is 9.62. The average Bonchev–Trinajstić information content (AvgIpc) is 2.18. The quantitative estimate of drug-likeness (QED) is 0.664. The van der Waals surface area contributed by atoms with Crippen molar-refractivity contribution < 1.29 is 9.47 Å². The summed E-state index contributed by atoms with van der Waals surface area (Å²) in [5.74, 6) is 0. The third kappa shape index (κ3) is 2.92. The molecule has 0 aliphatic carbocycles. The van der Waals surface area contributed by atoms with E-state index in [4.69, 9.17) is 9.47 Å². The standard InChI is InChI=1S/C10H22N2O2/c1-8-5-11-6-9(2)12(8)7-10(13-3)14-4/h8-11H,5-7H2,1-4H3. The Morgan fingerprint density at radius 1 is 1.21 bits per heavy atom.